The monoisotopic (exact) mass is 276 g/mol. The minimum atomic E-state index is -0.635. The van der Waals surface area contributed by atoms with Crippen LogP contribution in [0.3, 0.4) is 0 Å². The zero-order chi connectivity index (χ0) is 14.5. The van der Waals surface area contributed by atoms with Crippen LogP contribution in [0.5, 0.6) is 11.5 Å². The van der Waals surface area contributed by atoms with Crippen molar-refractivity contribution in [1.29, 1.82) is 0 Å². The van der Waals surface area contributed by atoms with Crippen molar-refractivity contribution in [3.05, 3.63) is 59.4 Å². The Morgan fingerprint density at radius 1 is 1.15 bits per heavy atom. The van der Waals surface area contributed by atoms with E-state index in [-0.39, 0.29) is 5.82 Å². The minimum absolute atomic E-state index is 0.278. The highest BCUT2D eigenvalue weighted by Crippen LogP contribution is 2.30. The van der Waals surface area contributed by atoms with Crippen LogP contribution in [0.25, 0.3) is 0 Å². The predicted molar refractivity (Wildman–Crippen MR) is 74.4 cm³/mol. The summed E-state index contributed by atoms with van der Waals surface area (Å²) in [5.74, 6) is 0.937. The van der Waals surface area contributed by atoms with Crippen LogP contribution in [0.4, 0.5) is 4.39 Å². The van der Waals surface area contributed by atoms with Gasteiger partial charge in [-0.15, -0.1) is 0 Å². The molecule has 2 rings (SSSR count). The Hall–Kier alpha value is -2.07. The van der Waals surface area contributed by atoms with E-state index < -0.39 is 6.10 Å². The summed E-state index contributed by atoms with van der Waals surface area (Å²) in [4.78, 5) is 0. The Morgan fingerprint density at radius 2 is 1.85 bits per heavy atom. The van der Waals surface area contributed by atoms with Crippen LogP contribution in [0.1, 0.15) is 24.2 Å². The largest absolute Gasteiger partial charge is 0.497 e. The number of ether oxygens (including phenoxy) is 2. The summed E-state index contributed by atoms with van der Waals surface area (Å²) in [5, 5.41) is 9.73. The van der Waals surface area contributed by atoms with E-state index in [9.17, 15) is 9.50 Å². The van der Waals surface area contributed by atoms with E-state index in [0.29, 0.717) is 23.7 Å². The third kappa shape index (κ3) is 3.48. The average molecular weight is 276 g/mol. The van der Waals surface area contributed by atoms with Gasteiger partial charge in [-0.05, 0) is 36.8 Å². The fourth-order valence-corrected chi connectivity index (χ4v) is 1.85. The lowest BCUT2D eigenvalue weighted by molar-refractivity contribution is 0.190. The van der Waals surface area contributed by atoms with Crippen LogP contribution in [0, 0.1) is 5.82 Å². The highest BCUT2D eigenvalue weighted by atomic mass is 19.1. The Labute approximate surface area is 117 Å². The highest BCUT2D eigenvalue weighted by Gasteiger charge is 2.11. The van der Waals surface area contributed by atoms with Gasteiger partial charge < -0.3 is 14.6 Å². The molecular weight excluding hydrogens is 259 g/mol. The van der Waals surface area contributed by atoms with E-state index in [4.69, 9.17) is 9.47 Å². The zero-order valence-corrected chi connectivity index (χ0v) is 11.5. The molecule has 0 heterocycles. The molecule has 0 amide bonds. The smallest absolute Gasteiger partial charge is 0.129 e. The van der Waals surface area contributed by atoms with Crippen LogP contribution >= 0.6 is 0 Å². The van der Waals surface area contributed by atoms with Crippen molar-refractivity contribution in [2.75, 3.05) is 7.11 Å². The Bertz CT molecular complexity index is 564. The van der Waals surface area contributed by atoms with Gasteiger partial charge >= 0.3 is 0 Å². The lowest BCUT2D eigenvalue weighted by atomic mass is 10.1. The fourth-order valence-electron chi connectivity index (χ4n) is 1.85. The molecule has 0 unspecified atom stereocenters. The maximum Gasteiger partial charge on any atom is 0.129 e. The first-order valence-corrected chi connectivity index (χ1v) is 6.33. The minimum Gasteiger partial charge on any atom is -0.497 e. The molecule has 0 spiro atoms. The van der Waals surface area contributed by atoms with E-state index in [1.165, 1.54) is 12.1 Å². The van der Waals surface area contributed by atoms with Gasteiger partial charge in [0.25, 0.3) is 0 Å². The normalized spacial score (nSPS) is 12.0. The van der Waals surface area contributed by atoms with Gasteiger partial charge in [0, 0.05) is 11.6 Å². The number of rotatable bonds is 5. The zero-order valence-electron chi connectivity index (χ0n) is 11.5. The Morgan fingerprint density at radius 3 is 2.45 bits per heavy atom. The molecule has 0 aromatic heterocycles. The van der Waals surface area contributed by atoms with Crippen molar-refractivity contribution in [3.8, 4) is 11.5 Å². The van der Waals surface area contributed by atoms with Crippen molar-refractivity contribution in [2.45, 2.75) is 19.6 Å². The summed E-state index contributed by atoms with van der Waals surface area (Å²) in [6, 6.07) is 11.4. The van der Waals surface area contributed by atoms with Gasteiger partial charge in [0.2, 0.25) is 0 Å². The molecule has 4 heteroatoms. The van der Waals surface area contributed by atoms with E-state index in [2.05, 4.69) is 0 Å². The van der Waals surface area contributed by atoms with Gasteiger partial charge in [0.15, 0.2) is 0 Å². The molecule has 106 valence electrons. The van der Waals surface area contributed by atoms with Crippen molar-refractivity contribution < 1.29 is 19.0 Å². The molecule has 1 N–H and O–H groups in total. The molecule has 20 heavy (non-hydrogen) atoms. The summed E-state index contributed by atoms with van der Waals surface area (Å²) in [6.45, 7) is 1.97. The van der Waals surface area contributed by atoms with E-state index in [0.717, 1.165) is 5.56 Å². The number of methoxy groups -OCH3 is 1. The molecule has 0 bridgehead atoms. The molecule has 0 saturated heterocycles. The second-order valence-electron chi connectivity index (χ2n) is 4.49. The summed E-state index contributed by atoms with van der Waals surface area (Å²) in [5.41, 5.74) is 1.54. The number of benzene rings is 2. The van der Waals surface area contributed by atoms with Gasteiger partial charge in [0.05, 0.1) is 13.2 Å². The molecule has 2 aromatic rings. The first-order valence-electron chi connectivity index (χ1n) is 6.33. The summed E-state index contributed by atoms with van der Waals surface area (Å²) >= 11 is 0. The fraction of sp³-hybridized carbons (Fsp3) is 0.250. The lowest BCUT2D eigenvalue weighted by Crippen LogP contribution is -2.01. The SMILES string of the molecule is COc1ccc([C@@H](C)O)c(OCc2ccc(F)cc2)c1. The van der Waals surface area contributed by atoms with Crippen molar-refractivity contribution in [1.82, 2.24) is 0 Å². The second kappa shape index (κ2) is 6.39. The van der Waals surface area contributed by atoms with Gasteiger partial charge in [-0.3, -0.25) is 0 Å². The van der Waals surface area contributed by atoms with E-state index >= 15 is 0 Å². The first kappa shape index (κ1) is 14.3. The van der Waals surface area contributed by atoms with Crippen molar-refractivity contribution in [3.63, 3.8) is 0 Å². The molecule has 0 fully saturated rings. The topological polar surface area (TPSA) is 38.7 Å². The molecule has 0 radical (unpaired) electrons. The van der Waals surface area contributed by atoms with Crippen LogP contribution < -0.4 is 9.47 Å². The molecule has 1 atom stereocenters. The van der Waals surface area contributed by atoms with E-state index in [1.54, 1.807) is 44.4 Å². The van der Waals surface area contributed by atoms with Crippen LogP contribution in [0.2, 0.25) is 0 Å². The van der Waals surface area contributed by atoms with Gasteiger partial charge in [-0.1, -0.05) is 12.1 Å². The first-order chi connectivity index (χ1) is 9.60. The number of halogens is 1. The van der Waals surface area contributed by atoms with Gasteiger partial charge in [-0.2, -0.15) is 0 Å². The number of aliphatic hydroxyl groups is 1. The summed E-state index contributed by atoms with van der Waals surface area (Å²) in [7, 11) is 1.57. The third-order valence-corrected chi connectivity index (χ3v) is 2.98. The van der Waals surface area contributed by atoms with Gasteiger partial charge in [0.1, 0.15) is 23.9 Å². The summed E-state index contributed by atoms with van der Waals surface area (Å²) in [6.07, 6.45) is -0.635. The Kier molecular flexibility index (Phi) is 4.58. The van der Waals surface area contributed by atoms with Crippen LogP contribution in [0.15, 0.2) is 42.5 Å². The molecule has 0 aliphatic rings. The van der Waals surface area contributed by atoms with Crippen LogP contribution in [-0.4, -0.2) is 12.2 Å². The van der Waals surface area contributed by atoms with Crippen molar-refractivity contribution >= 4 is 0 Å². The highest BCUT2D eigenvalue weighted by molar-refractivity contribution is 5.42. The average Bonchev–Trinajstić information content (AvgIpc) is 2.46. The molecule has 3 nitrogen and oxygen atoms in total. The molecule has 0 aliphatic carbocycles. The number of aliphatic hydroxyl groups excluding tert-OH is 1. The number of hydrogen-bond acceptors (Lipinski definition) is 3. The predicted octanol–water partition coefficient (Wildman–Crippen LogP) is 3.47. The third-order valence-electron chi connectivity index (χ3n) is 2.98. The number of hydrogen-bond donors (Lipinski definition) is 1. The molecule has 0 aliphatic heterocycles. The molecule has 0 saturated carbocycles. The van der Waals surface area contributed by atoms with E-state index in [1.807, 2.05) is 0 Å². The summed E-state index contributed by atoms with van der Waals surface area (Å²) < 4.78 is 23.7. The standard InChI is InChI=1S/C16H17FO3/c1-11(18)15-8-7-14(19-2)9-16(15)20-10-12-3-5-13(17)6-4-12/h3-9,11,18H,10H2,1-2H3/t11-/m1/s1. The van der Waals surface area contributed by atoms with Crippen molar-refractivity contribution in [2.24, 2.45) is 0 Å². The second-order valence-corrected chi connectivity index (χ2v) is 4.49. The molecule has 2 aromatic carbocycles. The maximum absolute atomic E-state index is 12.8. The Balaban J connectivity index is 2.16. The molecular formula is C16H17FO3. The lowest BCUT2D eigenvalue weighted by Gasteiger charge is -2.14. The maximum atomic E-state index is 12.8. The van der Waals surface area contributed by atoms with Gasteiger partial charge in [-0.25, -0.2) is 4.39 Å². The quantitative estimate of drug-likeness (QED) is 0.908. The van der Waals surface area contributed by atoms with Crippen LogP contribution in [-0.2, 0) is 6.61 Å².